The van der Waals surface area contributed by atoms with Crippen LogP contribution in [0.5, 0.6) is 0 Å². The molecular weight excluding hydrogens is 263 g/mol. The molecule has 2 rings (SSSR count). The maximum Gasteiger partial charge on any atom is 0.328 e. The van der Waals surface area contributed by atoms with E-state index in [0.29, 0.717) is 5.52 Å². The van der Waals surface area contributed by atoms with E-state index < -0.39 is 17.9 Å². The number of carbonyl (C=O) groups is 2. The molecular formula is C14H15FN2O3. The third-order valence-corrected chi connectivity index (χ3v) is 2.82. The summed E-state index contributed by atoms with van der Waals surface area (Å²) in [6.45, 7) is 3.49. The molecule has 6 heteroatoms. The summed E-state index contributed by atoms with van der Waals surface area (Å²) in [6.07, 6.45) is 0. The Bertz CT molecular complexity index is 651. The van der Waals surface area contributed by atoms with E-state index in [4.69, 9.17) is 4.74 Å². The minimum atomic E-state index is -0.745. The zero-order valence-electron chi connectivity index (χ0n) is 11.2. The molecule has 0 saturated heterocycles. The Morgan fingerprint density at radius 1 is 1.40 bits per heavy atom. The maximum absolute atomic E-state index is 13.1. The average Bonchev–Trinajstić information content (AvgIpc) is 2.81. The maximum atomic E-state index is 13.1. The Hall–Kier alpha value is -2.37. The van der Waals surface area contributed by atoms with Crippen LogP contribution in [-0.2, 0) is 9.53 Å². The van der Waals surface area contributed by atoms with E-state index in [1.54, 1.807) is 19.1 Å². The number of nitrogens with one attached hydrogen (secondary N) is 2. The first-order valence-corrected chi connectivity index (χ1v) is 6.27. The van der Waals surface area contributed by atoms with Crippen molar-refractivity contribution < 1.29 is 18.7 Å². The number of hydrogen-bond donors (Lipinski definition) is 2. The normalized spacial score (nSPS) is 12.2. The smallest absolute Gasteiger partial charge is 0.328 e. The molecule has 0 unspecified atom stereocenters. The van der Waals surface area contributed by atoms with E-state index in [1.165, 1.54) is 19.1 Å². The first-order valence-electron chi connectivity index (χ1n) is 6.27. The van der Waals surface area contributed by atoms with Crippen molar-refractivity contribution in [2.75, 3.05) is 6.61 Å². The highest BCUT2D eigenvalue weighted by atomic mass is 19.1. The monoisotopic (exact) mass is 278 g/mol. The van der Waals surface area contributed by atoms with E-state index in [2.05, 4.69) is 10.3 Å². The summed E-state index contributed by atoms with van der Waals surface area (Å²) in [5.74, 6) is -1.32. The van der Waals surface area contributed by atoms with Crippen LogP contribution >= 0.6 is 0 Å². The van der Waals surface area contributed by atoms with Crippen molar-refractivity contribution in [1.82, 2.24) is 10.3 Å². The number of aromatic nitrogens is 1. The van der Waals surface area contributed by atoms with Crippen LogP contribution in [0.25, 0.3) is 10.9 Å². The molecule has 0 radical (unpaired) electrons. The molecule has 2 aromatic rings. The molecule has 1 heterocycles. The Morgan fingerprint density at radius 2 is 2.15 bits per heavy atom. The van der Waals surface area contributed by atoms with Gasteiger partial charge in [-0.25, -0.2) is 9.18 Å². The lowest BCUT2D eigenvalue weighted by atomic mass is 10.2. The molecule has 1 amide bonds. The lowest BCUT2D eigenvalue weighted by Crippen LogP contribution is -2.39. The number of rotatable bonds is 4. The second-order valence-electron chi connectivity index (χ2n) is 4.36. The summed E-state index contributed by atoms with van der Waals surface area (Å²) in [6, 6.07) is 5.06. The van der Waals surface area contributed by atoms with Gasteiger partial charge in [-0.2, -0.15) is 0 Å². The van der Waals surface area contributed by atoms with Crippen molar-refractivity contribution >= 4 is 22.8 Å². The summed E-state index contributed by atoms with van der Waals surface area (Å²) >= 11 is 0. The van der Waals surface area contributed by atoms with Crippen LogP contribution < -0.4 is 5.32 Å². The molecule has 0 spiro atoms. The number of aromatic amines is 1. The number of carbonyl (C=O) groups excluding carboxylic acids is 2. The molecule has 1 aromatic heterocycles. The molecule has 1 atom stereocenters. The number of ether oxygens (including phenoxy) is 1. The van der Waals surface area contributed by atoms with Crippen LogP contribution in [0, 0.1) is 5.82 Å². The van der Waals surface area contributed by atoms with Gasteiger partial charge in [-0.15, -0.1) is 0 Å². The van der Waals surface area contributed by atoms with Gasteiger partial charge in [0.05, 0.1) is 6.61 Å². The van der Waals surface area contributed by atoms with Gasteiger partial charge in [0.1, 0.15) is 17.6 Å². The van der Waals surface area contributed by atoms with Crippen molar-refractivity contribution in [3.05, 3.63) is 35.8 Å². The fourth-order valence-electron chi connectivity index (χ4n) is 1.82. The lowest BCUT2D eigenvalue weighted by molar-refractivity contribution is -0.144. The van der Waals surface area contributed by atoms with Gasteiger partial charge in [-0.1, -0.05) is 0 Å². The van der Waals surface area contributed by atoms with Crippen LogP contribution in [-0.4, -0.2) is 29.5 Å². The molecule has 0 bridgehead atoms. The van der Waals surface area contributed by atoms with Crippen LogP contribution in [0.3, 0.4) is 0 Å². The summed E-state index contributed by atoms with van der Waals surface area (Å²) in [4.78, 5) is 26.2. The highest BCUT2D eigenvalue weighted by Crippen LogP contribution is 2.16. The molecule has 0 fully saturated rings. The molecule has 1 aromatic carbocycles. The molecule has 0 aliphatic carbocycles. The first kappa shape index (κ1) is 14.0. The predicted molar refractivity (Wildman–Crippen MR) is 71.8 cm³/mol. The largest absolute Gasteiger partial charge is 0.464 e. The van der Waals surface area contributed by atoms with Crippen molar-refractivity contribution in [2.24, 2.45) is 0 Å². The van der Waals surface area contributed by atoms with Crippen molar-refractivity contribution in [3.8, 4) is 0 Å². The predicted octanol–water partition coefficient (Wildman–Crippen LogP) is 1.99. The number of benzene rings is 1. The summed E-state index contributed by atoms with van der Waals surface area (Å²) in [5, 5.41) is 3.24. The number of amides is 1. The quantitative estimate of drug-likeness (QED) is 0.840. The number of halogens is 1. The highest BCUT2D eigenvalue weighted by molar-refractivity contribution is 5.99. The van der Waals surface area contributed by atoms with Gasteiger partial charge in [0.15, 0.2) is 0 Å². The van der Waals surface area contributed by atoms with Crippen LogP contribution in [0.2, 0.25) is 0 Å². The molecule has 0 saturated carbocycles. The first-order chi connectivity index (χ1) is 9.51. The SMILES string of the molecule is CCOC(=O)[C@@H](C)NC(=O)c1cc2ccc(F)cc2[nH]1. The molecule has 106 valence electrons. The highest BCUT2D eigenvalue weighted by Gasteiger charge is 2.18. The van der Waals surface area contributed by atoms with Gasteiger partial charge < -0.3 is 15.0 Å². The molecule has 0 aliphatic rings. The minimum Gasteiger partial charge on any atom is -0.464 e. The van der Waals surface area contributed by atoms with Crippen molar-refractivity contribution in [3.63, 3.8) is 0 Å². The molecule has 5 nitrogen and oxygen atoms in total. The van der Waals surface area contributed by atoms with E-state index in [9.17, 15) is 14.0 Å². The zero-order valence-corrected chi connectivity index (χ0v) is 11.2. The number of hydrogen-bond acceptors (Lipinski definition) is 3. The van der Waals surface area contributed by atoms with Gasteiger partial charge in [-0.3, -0.25) is 4.79 Å². The standard InChI is InChI=1S/C14H15FN2O3/c1-3-20-14(19)8(2)16-13(18)12-6-9-4-5-10(15)7-11(9)17-12/h4-8,17H,3H2,1-2H3,(H,16,18)/t8-/m1/s1. The van der Waals surface area contributed by atoms with Crippen LogP contribution in [0.1, 0.15) is 24.3 Å². The van der Waals surface area contributed by atoms with Crippen molar-refractivity contribution in [1.29, 1.82) is 0 Å². The molecule has 2 N–H and O–H groups in total. The fourth-order valence-corrected chi connectivity index (χ4v) is 1.82. The van der Waals surface area contributed by atoms with Crippen LogP contribution in [0.4, 0.5) is 4.39 Å². The number of H-pyrrole nitrogens is 1. The van der Waals surface area contributed by atoms with Gasteiger partial charge in [0.25, 0.3) is 5.91 Å². The summed E-state index contributed by atoms with van der Waals surface area (Å²) in [7, 11) is 0. The number of fused-ring (bicyclic) bond motifs is 1. The summed E-state index contributed by atoms with van der Waals surface area (Å²) < 4.78 is 17.9. The van der Waals surface area contributed by atoms with Gasteiger partial charge in [0, 0.05) is 10.9 Å². The van der Waals surface area contributed by atoms with Gasteiger partial charge >= 0.3 is 5.97 Å². The lowest BCUT2D eigenvalue weighted by Gasteiger charge is -2.11. The molecule has 0 aliphatic heterocycles. The second kappa shape index (κ2) is 5.73. The van der Waals surface area contributed by atoms with Crippen molar-refractivity contribution in [2.45, 2.75) is 19.9 Å². The molecule has 20 heavy (non-hydrogen) atoms. The Kier molecular flexibility index (Phi) is 4.02. The third kappa shape index (κ3) is 2.96. The Morgan fingerprint density at radius 3 is 2.85 bits per heavy atom. The second-order valence-corrected chi connectivity index (χ2v) is 4.36. The van der Waals surface area contributed by atoms with Gasteiger partial charge in [-0.05, 0) is 38.1 Å². The van der Waals surface area contributed by atoms with Gasteiger partial charge in [0.2, 0.25) is 0 Å². The van der Waals surface area contributed by atoms with Crippen LogP contribution in [0.15, 0.2) is 24.3 Å². The Balaban J connectivity index is 2.13. The zero-order chi connectivity index (χ0) is 14.7. The van der Waals surface area contributed by atoms with E-state index >= 15 is 0 Å². The fraction of sp³-hybridized carbons (Fsp3) is 0.286. The van der Waals surface area contributed by atoms with E-state index in [-0.39, 0.29) is 18.1 Å². The number of esters is 1. The van der Waals surface area contributed by atoms with E-state index in [1.807, 2.05) is 0 Å². The Labute approximate surface area is 115 Å². The average molecular weight is 278 g/mol. The van der Waals surface area contributed by atoms with E-state index in [0.717, 1.165) is 5.39 Å². The minimum absolute atomic E-state index is 0.255. The topological polar surface area (TPSA) is 71.2 Å². The third-order valence-electron chi connectivity index (χ3n) is 2.82. The summed E-state index contributed by atoms with van der Waals surface area (Å²) in [5.41, 5.74) is 0.792.